The number of carbonyl (C=O) groups excluding carboxylic acids is 1. The number of hydrogen-bond donors (Lipinski definition) is 2. The number of hydrogen-bond acceptors (Lipinski definition) is 4. The van der Waals surface area contributed by atoms with Crippen molar-refractivity contribution in [1.82, 2.24) is 15.1 Å². The maximum absolute atomic E-state index is 12.0. The van der Waals surface area contributed by atoms with Crippen LogP contribution < -0.4 is 10.1 Å². The molecule has 6 heteroatoms. The van der Waals surface area contributed by atoms with Crippen molar-refractivity contribution < 1.29 is 14.6 Å². The van der Waals surface area contributed by atoms with Gasteiger partial charge in [-0.3, -0.25) is 9.48 Å². The van der Waals surface area contributed by atoms with E-state index in [2.05, 4.69) is 10.4 Å². The van der Waals surface area contributed by atoms with Gasteiger partial charge in [-0.1, -0.05) is 12.1 Å². The summed E-state index contributed by atoms with van der Waals surface area (Å²) in [6.07, 6.45) is 3.20. The van der Waals surface area contributed by atoms with Crippen molar-refractivity contribution in [2.24, 2.45) is 0 Å². The first kappa shape index (κ1) is 17.0. The van der Waals surface area contributed by atoms with Gasteiger partial charge in [0.25, 0.3) is 0 Å². The predicted molar refractivity (Wildman–Crippen MR) is 87.1 cm³/mol. The second kappa shape index (κ2) is 7.78. The van der Waals surface area contributed by atoms with Crippen LogP contribution in [0, 0.1) is 6.92 Å². The van der Waals surface area contributed by atoms with E-state index >= 15 is 0 Å². The van der Waals surface area contributed by atoms with Gasteiger partial charge in [-0.15, -0.1) is 0 Å². The second-order valence-corrected chi connectivity index (χ2v) is 5.60. The molecule has 1 aromatic heterocycles. The number of aliphatic hydroxyl groups excluding tert-OH is 1. The van der Waals surface area contributed by atoms with E-state index in [4.69, 9.17) is 4.74 Å². The number of nitrogens with zero attached hydrogens (tertiary/aromatic N) is 2. The first-order valence-corrected chi connectivity index (χ1v) is 7.60. The van der Waals surface area contributed by atoms with Gasteiger partial charge in [0.1, 0.15) is 5.75 Å². The van der Waals surface area contributed by atoms with Crippen LogP contribution in [0.3, 0.4) is 0 Å². The van der Waals surface area contributed by atoms with Crippen molar-refractivity contribution in [3.8, 4) is 5.75 Å². The fraction of sp³-hybridized carbons (Fsp3) is 0.412. The largest absolute Gasteiger partial charge is 0.497 e. The van der Waals surface area contributed by atoms with Gasteiger partial charge in [0.2, 0.25) is 5.91 Å². The maximum Gasteiger partial charge on any atom is 0.222 e. The Balaban J connectivity index is 1.84. The lowest BCUT2D eigenvalue weighted by Crippen LogP contribution is -2.37. The summed E-state index contributed by atoms with van der Waals surface area (Å²) < 4.78 is 6.83. The number of ether oxygens (including phenoxy) is 1. The lowest BCUT2D eigenvalue weighted by atomic mass is 10.0. The number of aromatic nitrogens is 2. The van der Waals surface area contributed by atoms with Gasteiger partial charge >= 0.3 is 0 Å². The zero-order valence-corrected chi connectivity index (χ0v) is 13.7. The zero-order valence-electron chi connectivity index (χ0n) is 13.7. The lowest BCUT2D eigenvalue weighted by molar-refractivity contribution is -0.122. The van der Waals surface area contributed by atoms with E-state index in [1.165, 1.54) is 0 Å². The predicted octanol–water partition coefficient (Wildman–Crippen LogP) is 1.83. The highest BCUT2D eigenvalue weighted by atomic mass is 16.5. The Morgan fingerprint density at radius 1 is 1.39 bits per heavy atom. The summed E-state index contributed by atoms with van der Waals surface area (Å²) in [5.41, 5.74) is 1.80. The van der Waals surface area contributed by atoms with E-state index in [0.717, 1.165) is 16.9 Å². The van der Waals surface area contributed by atoms with E-state index in [1.807, 2.05) is 13.1 Å². The molecule has 0 radical (unpaired) electrons. The summed E-state index contributed by atoms with van der Waals surface area (Å²) in [5, 5.41) is 17.3. The normalized spacial score (nSPS) is 13.4. The third-order valence-electron chi connectivity index (χ3n) is 3.65. The van der Waals surface area contributed by atoms with E-state index < -0.39 is 6.10 Å². The Hall–Kier alpha value is -2.34. The number of aliphatic hydroxyl groups is 1. The molecule has 2 atom stereocenters. The van der Waals surface area contributed by atoms with Crippen LogP contribution in [0.5, 0.6) is 5.75 Å². The fourth-order valence-electron chi connectivity index (χ4n) is 2.30. The van der Waals surface area contributed by atoms with Crippen LogP contribution >= 0.6 is 0 Å². The minimum Gasteiger partial charge on any atom is -0.497 e. The quantitative estimate of drug-likeness (QED) is 0.817. The molecule has 2 aromatic rings. The minimum absolute atomic E-state index is 0.113. The van der Waals surface area contributed by atoms with Crippen LogP contribution in [-0.4, -0.2) is 33.9 Å². The van der Waals surface area contributed by atoms with Crippen LogP contribution in [0.15, 0.2) is 36.7 Å². The second-order valence-electron chi connectivity index (χ2n) is 5.60. The number of benzene rings is 1. The van der Waals surface area contributed by atoms with Crippen molar-refractivity contribution in [2.75, 3.05) is 7.11 Å². The number of amides is 1. The first-order chi connectivity index (χ1) is 11.0. The molecule has 0 saturated carbocycles. The molecule has 124 valence electrons. The Morgan fingerprint density at radius 3 is 2.65 bits per heavy atom. The molecule has 0 bridgehead atoms. The van der Waals surface area contributed by atoms with Gasteiger partial charge in [-0.2, -0.15) is 5.10 Å². The van der Waals surface area contributed by atoms with E-state index in [9.17, 15) is 9.90 Å². The third-order valence-corrected chi connectivity index (χ3v) is 3.65. The van der Waals surface area contributed by atoms with Gasteiger partial charge in [0.15, 0.2) is 0 Å². The lowest BCUT2D eigenvalue weighted by Gasteiger charge is -2.21. The Labute approximate surface area is 136 Å². The molecule has 1 amide bonds. The van der Waals surface area contributed by atoms with Crippen LogP contribution in [0.1, 0.15) is 30.6 Å². The smallest absolute Gasteiger partial charge is 0.222 e. The Morgan fingerprint density at radius 2 is 2.09 bits per heavy atom. The van der Waals surface area contributed by atoms with Gasteiger partial charge in [0.05, 0.1) is 25.5 Å². The number of methoxy groups -OCH3 is 1. The van der Waals surface area contributed by atoms with E-state index in [-0.39, 0.29) is 11.9 Å². The highest BCUT2D eigenvalue weighted by Crippen LogP contribution is 2.20. The van der Waals surface area contributed by atoms with Crippen molar-refractivity contribution in [3.05, 3.63) is 47.8 Å². The van der Waals surface area contributed by atoms with Gasteiger partial charge in [0, 0.05) is 19.2 Å². The van der Waals surface area contributed by atoms with Gasteiger partial charge in [-0.05, 0) is 37.1 Å². The summed E-state index contributed by atoms with van der Waals surface area (Å²) in [4.78, 5) is 12.0. The third kappa shape index (κ3) is 4.82. The Bertz CT molecular complexity index is 637. The standard InChI is InChI=1S/C17H23N3O3/c1-12-10-18-20(11-12)9-8-16(21)19-13(2)17(22)14-4-6-15(23-3)7-5-14/h4-7,10-11,13,17,22H,8-9H2,1-3H3,(H,19,21). The molecule has 0 aliphatic rings. The minimum atomic E-state index is -0.767. The molecule has 6 nitrogen and oxygen atoms in total. The molecular formula is C17H23N3O3. The Kier molecular flexibility index (Phi) is 5.76. The summed E-state index contributed by atoms with van der Waals surface area (Å²) in [7, 11) is 1.59. The molecule has 2 N–H and O–H groups in total. The van der Waals surface area contributed by atoms with Crippen molar-refractivity contribution >= 4 is 5.91 Å². The van der Waals surface area contributed by atoms with Crippen LogP contribution in [0.4, 0.5) is 0 Å². The summed E-state index contributed by atoms with van der Waals surface area (Å²) in [6.45, 7) is 4.26. The molecule has 2 unspecified atom stereocenters. The zero-order chi connectivity index (χ0) is 16.8. The topological polar surface area (TPSA) is 76.4 Å². The molecule has 0 aliphatic heterocycles. The van der Waals surface area contributed by atoms with E-state index in [1.54, 1.807) is 49.2 Å². The van der Waals surface area contributed by atoms with Crippen molar-refractivity contribution in [1.29, 1.82) is 0 Å². The molecular weight excluding hydrogens is 294 g/mol. The van der Waals surface area contributed by atoms with Crippen LogP contribution in [0.2, 0.25) is 0 Å². The molecule has 0 spiro atoms. The highest BCUT2D eigenvalue weighted by molar-refractivity contribution is 5.76. The van der Waals surface area contributed by atoms with Crippen LogP contribution in [0.25, 0.3) is 0 Å². The van der Waals surface area contributed by atoms with Gasteiger partial charge < -0.3 is 15.2 Å². The fourth-order valence-corrected chi connectivity index (χ4v) is 2.30. The van der Waals surface area contributed by atoms with E-state index in [0.29, 0.717) is 13.0 Å². The average molecular weight is 317 g/mol. The average Bonchev–Trinajstić information content (AvgIpc) is 2.97. The summed E-state index contributed by atoms with van der Waals surface area (Å²) >= 11 is 0. The summed E-state index contributed by atoms with van der Waals surface area (Å²) in [5.74, 6) is 0.616. The molecule has 2 rings (SSSR count). The maximum atomic E-state index is 12.0. The molecule has 0 aliphatic carbocycles. The summed E-state index contributed by atoms with van der Waals surface area (Å²) in [6, 6.07) is 6.77. The number of aryl methyl sites for hydroxylation is 2. The van der Waals surface area contributed by atoms with Crippen molar-refractivity contribution in [2.45, 2.75) is 39.0 Å². The molecule has 23 heavy (non-hydrogen) atoms. The molecule has 0 fully saturated rings. The molecule has 0 saturated heterocycles. The van der Waals surface area contributed by atoms with Crippen molar-refractivity contribution in [3.63, 3.8) is 0 Å². The highest BCUT2D eigenvalue weighted by Gasteiger charge is 2.18. The first-order valence-electron chi connectivity index (χ1n) is 7.60. The number of nitrogens with one attached hydrogen (secondary N) is 1. The van der Waals surface area contributed by atoms with Gasteiger partial charge in [-0.25, -0.2) is 0 Å². The number of rotatable bonds is 7. The van der Waals surface area contributed by atoms with Crippen LogP contribution in [-0.2, 0) is 11.3 Å². The monoisotopic (exact) mass is 317 g/mol. The number of carbonyl (C=O) groups is 1. The molecule has 1 aromatic carbocycles. The molecule has 1 heterocycles. The SMILES string of the molecule is COc1ccc(C(O)C(C)NC(=O)CCn2cc(C)cn2)cc1.